The molecule has 0 atom stereocenters. The Morgan fingerprint density at radius 2 is 1.67 bits per heavy atom. The fraction of sp³-hybridized carbons (Fsp3) is 0.269. The van der Waals surface area contributed by atoms with Crippen LogP contribution in [0.25, 0.3) is 0 Å². The summed E-state index contributed by atoms with van der Waals surface area (Å²) < 4.78 is 5.87. The van der Waals surface area contributed by atoms with Crippen molar-refractivity contribution in [3.63, 3.8) is 0 Å². The molecule has 0 bridgehead atoms. The Balaban J connectivity index is 1.28. The van der Waals surface area contributed by atoms with Gasteiger partial charge in [0.1, 0.15) is 12.4 Å². The number of aryl methyl sites for hydroxylation is 2. The summed E-state index contributed by atoms with van der Waals surface area (Å²) in [7, 11) is 0. The zero-order chi connectivity index (χ0) is 20.6. The normalized spacial score (nSPS) is 12.8. The molecule has 0 spiro atoms. The van der Waals surface area contributed by atoms with Crippen LogP contribution in [0.1, 0.15) is 39.9 Å². The number of carbonyl (C=O) groups is 1. The van der Waals surface area contributed by atoms with E-state index < -0.39 is 0 Å². The first-order chi connectivity index (χ1) is 14.8. The van der Waals surface area contributed by atoms with Gasteiger partial charge >= 0.3 is 0 Å². The van der Waals surface area contributed by atoms with E-state index in [0.29, 0.717) is 18.7 Å². The molecule has 0 aliphatic heterocycles. The van der Waals surface area contributed by atoms with Crippen molar-refractivity contribution >= 4 is 17.7 Å². The number of hydrogen-bond donors (Lipinski definition) is 1. The van der Waals surface area contributed by atoms with Gasteiger partial charge in [0.15, 0.2) is 0 Å². The first-order valence-electron chi connectivity index (χ1n) is 10.6. The third kappa shape index (κ3) is 5.45. The van der Waals surface area contributed by atoms with Gasteiger partial charge < -0.3 is 10.1 Å². The number of fused-ring (bicyclic) bond motifs is 1. The highest BCUT2D eigenvalue weighted by molar-refractivity contribution is 7.98. The molecule has 4 rings (SSSR count). The highest BCUT2D eigenvalue weighted by Gasteiger charge is 2.12. The van der Waals surface area contributed by atoms with Gasteiger partial charge in [0.2, 0.25) is 0 Å². The van der Waals surface area contributed by atoms with Crippen LogP contribution >= 0.6 is 11.8 Å². The molecule has 30 heavy (non-hydrogen) atoms. The molecule has 1 amide bonds. The Kier molecular flexibility index (Phi) is 7.09. The van der Waals surface area contributed by atoms with Crippen molar-refractivity contribution < 1.29 is 9.53 Å². The lowest BCUT2D eigenvalue weighted by Crippen LogP contribution is -2.28. The molecule has 4 heteroatoms. The van der Waals surface area contributed by atoms with Crippen LogP contribution in [0.5, 0.6) is 5.75 Å². The molecule has 3 aromatic rings. The van der Waals surface area contributed by atoms with E-state index in [0.717, 1.165) is 22.8 Å². The summed E-state index contributed by atoms with van der Waals surface area (Å²) in [6, 6.07) is 24.5. The molecule has 0 aromatic heterocycles. The zero-order valence-electron chi connectivity index (χ0n) is 17.1. The van der Waals surface area contributed by atoms with Crippen molar-refractivity contribution in [3.05, 3.63) is 95.1 Å². The molecule has 3 aromatic carbocycles. The van der Waals surface area contributed by atoms with Crippen LogP contribution in [-0.4, -0.2) is 19.1 Å². The van der Waals surface area contributed by atoms with Gasteiger partial charge in [-0.15, -0.1) is 11.8 Å². The largest absolute Gasteiger partial charge is 0.492 e. The van der Waals surface area contributed by atoms with E-state index >= 15 is 0 Å². The molecule has 0 radical (unpaired) electrons. The third-order valence-electron chi connectivity index (χ3n) is 5.35. The van der Waals surface area contributed by atoms with Gasteiger partial charge in [-0.3, -0.25) is 4.79 Å². The lowest BCUT2D eigenvalue weighted by Gasteiger charge is -2.17. The number of thioether (sulfide) groups is 1. The first kappa shape index (κ1) is 20.5. The van der Waals surface area contributed by atoms with Crippen LogP contribution in [-0.2, 0) is 18.6 Å². The minimum Gasteiger partial charge on any atom is -0.492 e. The van der Waals surface area contributed by atoms with Crippen molar-refractivity contribution in [1.29, 1.82) is 0 Å². The maximum atomic E-state index is 12.7. The summed E-state index contributed by atoms with van der Waals surface area (Å²) in [5.41, 5.74) is 4.82. The minimum atomic E-state index is -0.0554. The fourth-order valence-corrected chi connectivity index (χ4v) is 4.75. The fourth-order valence-electron chi connectivity index (χ4n) is 3.74. The van der Waals surface area contributed by atoms with Crippen molar-refractivity contribution in [2.45, 2.75) is 36.3 Å². The van der Waals surface area contributed by atoms with E-state index in [9.17, 15) is 4.79 Å². The van der Waals surface area contributed by atoms with Crippen molar-refractivity contribution in [3.8, 4) is 5.75 Å². The molecular weight excluding hydrogens is 390 g/mol. The van der Waals surface area contributed by atoms with Gasteiger partial charge in [-0.25, -0.2) is 0 Å². The predicted octanol–water partition coefficient (Wildman–Crippen LogP) is 5.67. The second-order valence-electron chi connectivity index (χ2n) is 7.51. The van der Waals surface area contributed by atoms with Crippen molar-refractivity contribution in [2.24, 2.45) is 0 Å². The average molecular weight is 418 g/mol. The summed E-state index contributed by atoms with van der Waals surface area (Å²) in [5, 5.41) is 2.99. The van der Waals surface area contributed by atoms with Crippen LogP contribution < -0.4 is 10.1 Å². The lowest BCUT2D eigenvalue weighted by atomic mass is 9.92. The number of ether oxygens (including phenoxy) is 1. The van der Waals surface area contributed by atoms with E-state index in [1.807, 2.05) is 48.5 Å². The minimum absolute atomic E-state index is 0.0554. The third-order valence-corrected chi connectivity index (χ3v) is 6.49. The van der Waals surface area contributed by atoms with Crippen molar-refractivity contribution in [2.75, 3.05) is 13.2 Å². The average Bonchev–Trinajstić information content (AvgIpc) is 2.81. The van der Waals surface area contributed by atoms with E-state index in [1.165, 1.54) is 36.0 Å². The molecule has 0 unspecified atom stereocenters. The highest BCUT2D eigenvalue weighted by atomic mass is 32.2. The molecule has 154 valence electrons. The molecule has 1 N–H and O–H groups in total. The Morgan fingerprint density at radius 3 is 2.53 bits per heavy atom. The molecule has 0 saturated carbocycles. The smallest absolute Gasteiger partial charge is 0.252 e. The van der Waals surface area contributed by atoms with Crippen LogP contribution in [0.4, 0.5) is 0 Å². The van der Waals surface area contributed by atoms with E-state index in [2.05, 4.69) is 29.6 Å². The van der Waals surface area contributed by atoms with Gasteiger partial charge in [0.25, 0.3) is 5.91 Å². The Labute approximate surface area is 182 Å². The zero-order valence-corrected chi connectivity index (χ0v) is 17.9. The van der Waals surface area contributed by atoms with Gasteiger partial charge in [0, 0.05) is 10.6 Å². The van der Waals surface area contributed by atoms with Gasteiger partial charge in [-0.05, 0) is 66.6 Å². The van der Waals surface area contributed by atoms with E-state index in [1.54, 1.807) is 11.8 Å². The number of nitrogens with one attached hydrogen (secondary N) is 1. The SMILES string of the molecule is O=C(NCCOc1ccc2c(c1)CCCC2)c1ccccc1SCc1ccccc1. The summed E-state index contributed by atoms with van der Waals surface area (Å²) >= 11 is 1.69. The van der Waals surface area contributed by atoms with E-state index in [4.69, 9.17) is 4.74 Å². The molecule has 1 aliphatic rings. The number of benzene rings is 3. The Bertz CT molecular complexity index is 987. The molecule has 0 saturated heterocycles. The Morgan fingerprint density at radius 1 is 0.900 bits per heavy atom. The quantitative estimate of drug-likeness (QED) is 0.379. The number of amides is 1. The number of hydrogen-bond acceptors (Lipinski definition) is 3. The van der Waals surface area contributed by atoms with Crippen molar-refractivity contribution in [1.82, 2.24) is 5.32 Å². The molecule has 1 aliphatic carbocycles. The second kappa shape index (κ2) is 10.4. The molecular formula is C26H27NO2S. The van der Waals surface area contributed by atoms with Gasteiger partial charge in [0.05, 0.1) is 12.1 Å². The van der Waals surface area contributed by atoms with Gasteiger partial charge in [-0.2, -0.15) is 0 Å². The van der Waals surface area contributed by atoms with Crippen LogP contribution in [0, 0.1) is 0 Å². The van der Waals surface area contributed by atoms with Gasteiger partial charge in [-0.1, -0.05) is 48.5 Å². The first-order valence-corrected chi connectivity index (χ1v) is 11.6. The monoisotopic (exact) mass is 417 g/mol. The highest BCUT2D eigenvalue weighted by Crippen LogP contribution is 2.27. The molecule has 3 nitrogen and oxygen atoms in total. The predicted molar refractivity (Wildman–Crippen MR) is 123 cm³/mol. The maximum absolute atomic E-state index is 12.7. The van der Waals surface area contributed by atoms with Crippen LogP contribution in [0.2, 0.25) is 0 Å². The molecule has 0 fully saturated rings. The summed E-state index contributed by atoms with van der Waals surface area (Å²) in [5.74, 6) is 1.68. The molecule has 0 heterocycles. The lowest BCUT2D eigenvalue weighted by molar-refractivity contribution is 0.0944. The maximum Gasteiger partial charge on any atom is 0.252 e. The topological polar surface area (TPSA) is 38.3 Å². The Hall–Kier alpha value is -2.72. The number of carbonyl (C=O) groups excluding carboxylic acids is 1. The van der Waals surface area contributed by atoms with Crippen LogP contribution in [0.3, 0.4) is 0 Å². The summed E-state index contributed by atoms with van der Waals surface area (Å²) in [6.07, 6.45) is 4.85. The van der Waals surface area contributed by atoms with E-state index in [-0.39, 0.29) is 5.91 Å². The summed E-state index contributed by atoms with van der Waals surface area (Å²) in [6.45, 7) is 0.942. The summed E-state index contributed by atoms with van der Waals surface area (Å²) in [4.78, 5) is 13.7. The van der Waals surface area contributed by atoms with Crippen LogP contribution in [0.15, 0.2) is 77.7 Å². The number of rotatable bonds is 8. The standard InChI is InChI=1S/C26H27NO2S/c28-26(24-12-6-7-13-25(24)30-19-20-8-2-1-3-9-20)27-16-17-29-23-15-14-21-10-4-5-11-22(21)18-23/h1-3,6-9,12-15,18H,4-5,10-11,16-17,19H2,(H,27,28). The second-order valence-corrected chi connectivity index (χ2v) is 8.53.